The first-order chi connectivity index (χ1) is 17.5. The summed E-state index contributed by atoms with van der Waals surface area (Å²) in [4.78, 5) is 18.3. The maximum atomic E-state index is 13.1. The van der Waals surface area contributed by atoms with Gasteiger partial charge < -0.3 is 14.2 Å². The van der Waals surface area contributed by atoms with Crippen molar-refractivity contribution in [2.45, 2.75) is 20.3 Å². The van der Waals surface area contributed by atoms with E-state index in [1.165, 1.54) is 11.3 Å². The molecule has 0 aliphatic heterocycles. The van der Waals surface area contributed by atoms with Crippen LogP contribution in [0, 0.1) is 13.8 Å². The van der Waals surface area contributed by atoms with Crippen LogP contribution >= 0.6 is 22.9 Å². The highest BCUT2D eigenvalue weighted by molar-refractivity contribution is 7.15. The number of hydrogen-bond donors (Lipinski definition) is 0. The van der Waals surface area contributed by atoms with Crippen molar-refractivity contribution in [1.82, 2.24) is 9.38 Å². The van der Waals surface area contributed by atoms with E-state index in [4.69, 9.17) is 25.8 Å². The average molecular weight is 521 g/mol. The van der Waals surface area contributed by atoms with Gasteiger partial charge in [-0.15, -0.1) is 0 Å². The average Bonchev–Trinajstić information content (AvgIpc) is 3.37. The number of methoxy groups -OCH3 is 1. The molecule has 0 aliphatic carbocycles. The van der Waals surface area contributed by atoms with Crippen molar-refractivity contribution in [2.24, 2.45) is 0 Å². The van der Waals surface area contributed by atoms with Gasteiger partial charge in [-0.2, -0.15) is 0 Å². The lowest BCUT2D eigenvalue weighted by Crippen LogP contribution is -2.22. The molecule has 2 aromatic heterocycles. The molecule has 0 amide bonds. The molecule has 8 heteroatoms. The van der Waals surface area contributed by atoms with Crippen LogP contribution in [0.5, 0.6) is 17.2 Å². The first-order valence-electron chi connectivity index (χ1n) is 11.6. The Morgan fingerprint density at radius 1 is 1.00 bits per heavy atom. The number of aryl methyl sites for hydroxylation is 2. The van der Waals surface area contributed by atoms with E-state index in [9.17, 15) is 4.79 Å². The number of benzene rings is 3. The summed E-state index contributed by atoms with van der Waals surface area (Å²) in [6.07, 6.45) is 2.48. The first kappa shape index (κ1) is 24.2. The van der Waals surface area contributed by atoms with Crippen LogP contribution in [0.25, 0.3) is 22.1 Å². The van der Waals surface area contributed by atoms with E-state index in [1.54, 1.807) is 23.7 Å². The first-order valence-corrected chi connectivity index (χ1v) is 12.8. The lowest BCUT2D eigenvalue weighted by Gasteiger charge is -2.14. The summed E-state index contributed by atoms with van der Waals surface area (Å²) in [6, 6.07) is 17.3. The van der Waals surface area contributed by atoms with Gasteiger partial charge in [-0.05, 0) is 60.9 Å². The van der Waals surface area contributed by atoms with Gasteiger partial charge in [0.25, 0.3) is 5.56 Å². The minimum atomic E-state index is -0.108. The summed E-state index contributed by atoms with van der Waals surface area (Å²) in [5.74, 6) is 1.89. The maximum Gasteiger partial charge on any atom is 0.274 e. The number of imidazole rings is 1. The van der Waals surface area contributed by atoms with Crippen LogP contribution in [-0.2, 0) is 0 Å². The molecule has 0 atom stereocenters. The predicted octanol–water partition coefficient (Wildman–Crippen LogP) is 5.58. The summed E-state index contributed by atoms with van der Waals surface area (Å²) >= 11 is 7.90. The van der Waals surface area contributed by atoms with Crippen molar-refractivity contribution < 1.29 is 14.2 Å². The quantitative estimate of drug-likeness (QED) is 0.250. The summed E-state index contributed by atoms with van der Waals surface area (Å²) < 4.78 is 19.6. The monoisotopic (exact) mass is 520 g/mol. The number of rotatable bonds is 8. The fourth-order valence-corrected chi connectivity index (χ4v) is 5.42. The molecule has 5 rings (SSSR count). The van der Waals surface area contributed by atoms with Gasteiger partial charge in [0.15, 0.2) is 16.5 Å². The van der Waals surface area contributed by atoms with Crippen molar-refractivity contribution >= 4 is 45.0 Å². The summed E-state index contributed by atoms with van der Waals surface area (Å²) in [5.41, 5.74) is 4.46. The van der Waals surface area contributed by atoms with E-state index < -0.39 is 0 Å². The smallest absolute Gasteiger partial charge is 0.274 e. The highest BCUT2D eigenvalue weighted by Gasteiger charge is 2.14. The third-order valence-electron chi connectivity index (χ3n) is 5.88. The van der Waals surface area contributed by atoms with E-state index in [0.29, 0.717) is 45.6 Å². The van der Waals surface area contributed by atoms with Crippen molar-refractivity contribution in [3.63, 3.8) is 0 Å². The van der Waals surface area contributed by atoms with E-state index in [1.807, 2.05) is 62.4 Å². The third kappa shape index (κ3) is 4.64. The Hall–Kier alpha value is -3.55. The van der Waals surface area contributed by atoms with Gasteiger partial charge in [0, 0.05) is 6.42 Å². The second kappa shape index (κ2) is 10.2. The number of para-hydroxylation sites is 3. The number of ether oxygens (including phenoxy) is 3. The lowest BCUT2D eigenvalue weighted by molar-refractivity contribution is 0.239. The SMILES string of the molecule is COc1cc(C=c2sc3nc4ccccc4n3c2=O)cc(Cl)c1OCCCOc1c(C)cccc1C. The molecule has 0 aliphatic rings. The van der Waals surface area contributed by atoms with Gasteiger partial charge >= 0.3 is 0 Å². The normalized spacial score (nSPS) is 11.9. The molecular weight excluding hydrogens is 496 g/mol. The van der Waals surface area contributed by atoms with Crippen molar-refractivity contribution in [3.8, 4) is 17.2 Å². The lowest BCUT2D eigenvalue weighted by atomic mass is 10.1. The number of aromatic nitrogens is 2. The van der Waals surface area contributed by atoms with E-state index >= 15 is 0 Å². The molecular formula is C28H25ClN2O4S. The minimum Gasteiger partial charge on any atom is -0.493 e. The van der Waals surface area contributed by atoms with Crippen LogP contribution in [0.4, 0.5) is 0 Å². The molecule has 36 heavy (non-hydrogen) atoms. The Morgan fingerprint density at radius 3 is 2.47 bits per heavy atom. The fraction of sp³-hybridized carbons (Fsp3) is 0.214. The zero-order valence-corrected chi connectivity index (χ0v) is 21.8. The number of thiazole rings is 1. The molecule has 2 heterocycles. The molecule has 0 fully saturated rings. The van der Waals surface area contributed by atoms with Gasteiger partial charge in [-0.3, -0.25) is 4.79 Å². The molecule has 5 aromatic rings. The summed E-state index contributed by atoms with van der Waals surface area (Å²) in [6.45, 7) is 5.02. The second-order valence-corrected chi connectivity index (χ2v) is 9.86. The zero-order chi connectivity index (χ0) is 25.2. The van der Waals surface area contributed by atoms with Gasteiger partial charge in [0.05, 0.1) is 40.9 Å². The van der Waals surface area contributed by atoms with Crippen LogP contribution in [0.1, 0.15) is 23.1 Å². The van der Waals surface area contributed by atoms with E-state index in [0.717, 1.165) is 33.5 Å². The number of fused-ring (bicyclic) bond motifs is 3. The number of nitrogens with zero attached hydrogens (tertiary/aromatic N) is 2. The summed E-state index contributed by atoms with van der Waals surface area (Å²) in [7, 11) is 1.57. The Morgan fingerprint density at radius 2 is 1.72 bits per heavy atom. The Labute approximate surface area is 217 Å². The molecule has 184 valence electrons. The predicted molar refractivity (Wildman–Crippen MR) is 145 cm³/mol. The Kier molecular flexibility index (Phi) is 6.85. The van der Waals surface area contributed by atoms with Crippen LogP contribution in [0.3, 0.4) is 0 Å². The van der Waals surface area contributed by atoms with Gasteiger partial charge in [-0.25, -0.2) is 9.38 Å². The Balaban J connectivity index is 1.32. The van der Waals surface area contributed by atoms with Gasteiger partial charge in [0.1, 0.15) is 5.75 Å². The number of halogens is 1. The third-order valence-corrected chi connectivity index (χ3v) is 7.13. The number of hydrogen-bond acceptors (Lipinski definition) is 6. The molecule has 0 spiro atoms. The molecule has 0 saturated heterocycles. The molecule has 3 aromatic carbocycles. The van der Waals surface area contributed by atoms with Gasteiger partial charge in [0.2, 0.25) is 0 Å². The van der Waals surface area contributed by atoms with Crippen LogP contribution in [0.15, 0.2) is 59.4 Å². The van der Waals surface area contributed by atoms with E-state index in [2.05, 4.69) is 4.98 Å². The van der Waals surface area contributed by atoms with Crippen molar-refractivity contribution in [1.29, 1.82) is 0 Å². The zero-order valence-electron chi connectivity index (χ0n) is 20.2. The molecule has 0 unspecified atom stereocenters. The van der Waals surface area contributed by atoms with Crippen LogP contribution in [-0.4, -0.2) is 29.7 Å². The maximum absolute atomic E-state index is 13.1. The van der Waals surface area contributed by atoms with Crippen LogP contribution in [0.2, 0.25) is 5.02 Å². The standard InChI is InChI=1S/C28H25ClN2O4S/c1-17-8-6-9-18(2)25(17)34-12-7-13-35-26-20(29)14-19(15-23(26)33-3)16-24-27(32)31-22-11-5-4-10-21(22)30-28(31)36-24/h4-6,8-11,14-16H,7,12-13H2,1-3H3. The topological polar surface area (TPSA) is 62.1 Å². The minimum absolute atomic E-state index is 0.108. The molecule has 0 saturated carbocycles. The van der Waals surface area contributed by atoms with Crippen LogP contribution < -0.4 is 24.3 Å². The molecule has 0 N–H and O–H groups in total. The van der Waals surface area contributed by atoms with Gasteiger partial charge in [-0.1, -0.05) is 53.3 Å². The molecule has 0 radical (unpaired) electrons. The largest absolute Gasteiger partial charge is 0.493 e. The molecule has 6 nitrogen and oxygen atoms in total. The van der Waals surface area contributed by atoms with Crippen molar-refractivity contribution in [3.05, 3.63) is 91.2 Å². The highest BCUT2D eigenvalue weighted by atomic mass is 35.5. The Bertz CT molecular complexity index is 1650. The molecule has 0 bridgehead atoms. The van der Waals surface area contributed by atoms with Crippen molar-refractivity contribution in [2.75, 3.05) is 20.3 Å². The highest BCUT2D eigenvalue weighted by Crippen LogP contribution is 2.37. The second-order valence-electron chi connectivity index (χ2n) is 8.44. The van der Waals surface area contributed by atoms with E-state index in [-0.39, 0.29) is 5.56 Å². The summed E-state index contributed by atoms with van der Waals surface area (Å²) in [5, 5.41) is 0.412. The fourth-order valence-electron chi connectivity index (χ4n) is 4.16.